The molecule has 4 aliphatic rings. The van der Waals surface area contributed by atoms with Gasteiger partial charge in [0.25, 0.3) is 6.43 Å². The number of pyridine rings is 2. The van der Waals surface area contributed by atoms with E-state index in [9.17, 15) is 13.2 Å². The van der Waals surface area contributed by atoms with Crippen LogP contribution in [0.2, 0.25) is 5.02 Å². The number of aromatic nitrogens is 4. The van der Waals surface area contributed by atoms with E-state index in [4.69, 9.17) is 26.8 Å². The number of nitrogens with zero attached hydrogens (tertiary/aromatic N) is 6. The monoisotopic (exact) mass is 607 g/mol. The summed E-state index contributed by atoms with van der Waals surface area (Å²) in [7, 11) is 0. The summed E-state index contributed by atoms with van der Waals surface area (Å²) in [6.07, 6.45) is 1.64. The zero-order valence-electron chi connectivity index (χ0n) is 22.9. The smallest absolute Gasteiger partial charge is 0.319 e. The number of hydrogen-bond acceptors (Lipinski definition) is 9. The normalized spacial score (nSPS) is 25.6. The predicted molar refractivity (Wildman–Crippen MR) is 149 cm³/mol. The summed E-state index contributed by atoms with van der Waals surface area (Å²) < 4.78 is 70.6. The molecule has 3 aromatic heterocycles. The van der Waals surface area contributed by atoms with Crippen LogP contribution in [-0.4, -0.2) is 81.9 Å². The Morgan fingerprint density at radius 2 is 2.07 bits per heavy atom. The molecule has 3 atom stereocenters. The minimum absolute atomic E-state index is 0.00334. The number of alkyl halides is 3. The van der Waals surface area contributed by atoms with Crippen LogP contribution < -0.4 is 20.1 Å². The Kier molecular flexibility index (Phi) is 6.72. The van der Waals surface area contributed by atoms with Crippen LogP contribution in [0.5, 0.6) is 11.9 Å². The number of ether oxygens (including phenoxy) is 2. The van der Waals surface area contributed by atoms with Crippen LogP contribution in [0.15, 0.2) is 6.20 Å². The molecule has 9 nitrogen and oxygen atoms in total. The van der Waals surface area contributed by atoms with Crippen molar-refractivity contribution >= 4 is 34.1 Å². The van der Waals surface area contributed by atoms with Crippen molar-refractivity contribution in [2.45, 2.75) is 69.1 Å². The van der Waals surface area contributed by atoms with Gasteiger partial charge in [-0.05, 0) is 50.6 Å². The molecule has 0 amide bonds. The Labute approximate surface area is 244 Å². The lowest BCUT2D eigenvalue weighted by molar-refractivity contribution is 0.107. The van der Waals surface area contributed by atoms with Crippen molar-refractivity contribution in [1.82, 2.24) is 24.8 Å². The second kappa shape index (κ2) is 10.2. The van der Waals surface area contributed by atoms with Crippen LogP contribution in [0.25, 0.3) is 22.2 Å². The highest BCUT2D eigenvalue weighted by Crippen LogP contribution is 2.49. The fraction of sp³-hybridized carbons (Fsp3) is 0.571. The summed E-state index contributed by atoms with van der Waals surface area (Å²) in [6.45, 7) is 2.21. The third-order valence-corrected chi connectivity index (χ3v) is 9.26. The molecule has 6 heterocycles. The van der Waals surface area contributed by atoms with Gasteiger partial charge in [0.05, 0.1) is 23.1 Å². The molecule has 0 radical (unpaired) electrons. The standard InChI is InChI=1S/C28H30ClF4N7O2/c1-13-11-41-26-19-23(21(33)22(36-26)18-16(14-3-4-14)8-35-24(34)20(18)29)37-27(38-25(19)40(13)10-17(31)32)42-12-28-5-2-6-39(28)9-15(30)7-28/h8,13-15,17H,2-7,9-12H2,1H3,(H2,34,35)/t13-,15+,28-/m0/s1. The van der Waals surface area contributed by atoms with E-state index in [1.54, 1.807) is 13.1 Å². The summed E-state index contributed by atoms with van der Waals surface area (Å²) in [5.41, 5.74) is 6.19. The molecule has 224 valence electrons. The molecule has 3 fully saturated rings. The van der Waals surface area contributed by atoms with E-state index in [0.29, 0.717) is 24.1 Å². The van der Waals surface area contributed by atoms with Crippen molar-refractivity contribution in [3.05, 3.63) is 22.6 Å². The van der Waals surface area contributed by atoms with Crippen LogP contribution in [0.1, 0.15) is 50.5 Å². The zero-order chi connectivity index (χ0) is 29.3. The zero-order valence-corrected chi connectivity index (χ0v) is 23.7. The van der Waals surface area contributed by atoms with Gasteiger partial charge in [-0.25, -0.2) is 27.5 Å². The molecule has 1 saturated carbocycles. The third-order valence-electron chi connectivity index (χ3n) is 8.87. The van der Waals surface area contributed by atoms with E-state index in [-0.39, 0.29) is 64.3 Å². The van der Waals surface area contributed by atoms with E-state index < -0.39 is 36.5 Å². The fourth-order valence-electron chi connectivity index (χ4n) is 6.67. The van der Waals surface area contributed by atoms with Crippen LogP contribution in [0.3, 0.4) is 0 Å². The van der Waals surface area contributed by atoms with E-state index in [1.807, 2.05) is 0 Å². The molecule has 0 unspecified atom stereocenters. The summed E-state index contributed by atoms with van der Waals surface area (Å²) in [5.74, 6) is -0.653. The van der Waals surface area contributed by atoms with E-state index in [2.05, 4.69) is 24.8 Å². The number of fused-ring (bicyclic) bond motifs is 1. The van der Waals surface area contributed by atoms with E-state index in [1.165, 1.54) is 4.90 Å². The topological polar surface area (TPSA) is 103 Å². The first kappa shape index (κ1) is 27.6. The molecule has 2 saturated heterocycles. The first-order valence-corrected chi connectivity index (χ1v) is 14.6. The second-order valence-corrected chi connectivity index (χ2v) is 12.1. The van der Waals surface area contributed by atoms with Gasteiger partial charge in [0.1, 0.15) is 47.6 Å². The van der Waals surface area contributed by atoms with Gasteiger partial charge >= 0.3 is 6.01 Å². The molecule has 3 aliphatic heterocycles. The van der Waals surface area contributed by atoms with Crippen molar-refractivity contribution in [2.75, 3.05) is 43.5 Å². The van der Waals surface area contributed by atoms with Gasteiger partial charge in [-0.15, -0.1) is 0 Å². The summed E-state index contributed by atoms with van der Waals surface area (Å²) in [5, 5.41) is 0.122. The van der Waals surface area contributed by atoms with Gasteiger partial charge in [0.2, 0.25) is 5.88 Å². The van der Waals surface area contributed by atoms with E-state index in [0.717, 1.165) is 32.2 Å². The molecular formula is C28H30ClF4N7O2. The molecule has 42 heavy (non-hydrogen) atoms. The Morgan fingerprint density at radius 3 is 2.83 bits per heavy atom. The molecule has 0 spiro atoms. The summed E-state index contributed by atoms with van der Waals surface area (Å²) in [6, 6.07) is -0.752. The van der Waals surface area contributed by atoms with Crippen LogP contribution >= 0.6 is 11.6 Å². The molecule has 0 bridgehead atoms. The number of hydrogen-bond donors (Lipinski definition) is 1. The van der Waals surface area contributed by atoms with Crippen molar-refractivity contribution in [3.8, 4) is 23.1 Å². The Hall–Kier alpha value is -3.19. The van der Waals surface area contributed by atoms with Crippen molar-refractivity contribution in [2.24, 2.45) is 0 Å². The maximum absolute atomic E-state index is 16.6. The SMILES string of the molecule is C[C@H]1COc2nc(-c3c(C4CC4)cnc(N)c3Cl)c(F)c3nc(OC[C@@]45CCCN4C[C@H](F)C5)nc(c23)N1CC(F)F. The second-order valence-electron chi connectivity index (χ2n) is 11.8. The molecule has 3 aromatic rings. The molecule has 0 aromatic carbocycles. The molecule has 7 rings (SSSR count). The summed E-state index contributed by atoms with van der Waals surface area (Å²) in [4.78, 5) is 21.1. The van der Waals surface area contributed by atoms with Gasteiger partial charge < -0.3 is 20.1 Å². The van der Waals surface area contributed by atoms with Crippen molar-refractivity contribution in [1.29, 1.82) is 0 Å². The van der Waals surface area contributed by atoms with Crippen LogP contribution in [0, 0.1) is 5.82 Å². The molecule has 2 N–H and O–H groups in total. The quantitative estimate of drug-likeness (QED) is 0.366. The lowest BCUT2D eigenvalue weighted by Crippen LogP contribution is -2.43. The Bertz CT molecular complexity index is 1560. The molecule has 1 aliphatic carbocycles. The molecular weight excluding hydrogens is 578 g/mol. The van der Waals surface area contributed by atoms with Gasteiger partial charge in [0, 0.05) is 24.7 Å². The first-order valence-electron chi connectivity index (χ1n) is 14.2. The van der Waals surface area contributed by atoms with Crippen LogP contribution in [0.4, 0.5) is 29.2 Å². The number of nitrogen functional groups attached to an aromatic ring is 1. The minimum atomic E-state index is -2.70. The molecule has 14 heteroatoms. The van der Waals surface area contributed by atoms with Crippen molar-refractivity contribution < 1.29 is 27.0 Å². The number of nitrogens with two attached hydrogens (primary N) is 1. The lowest BCUT2D eigenvalue weighted by Gasteiger charge is -2.31. The van der Waals surface area contributed by atoms with Gasteiger partial charge in [-0.3, -0.25) is 4.90 Å². The first-order chi connectivity index (χ1) is 20.1. The van der Waals surface area contributed by atoms with Gasteiger partial charge in [-0.2, -0.15) is 9.97 Å². The average Bonchev–Trinajstić information content (AvgIpc) is 3.67. The maximum Gasteiger partial charge on any atom is 0.319 e. The third kappa shape index (κ3) is 4.55. The maximum atomic E-state index is 16.6. The van der Waals surface area contributed by atoms with Gasteiger partial charge in [0.15, 0.2) is 5.82 Å². The summed E-state index contributed by atoms with van der Waals surface area (Å²) >= 11 is 6.60. The number of anilines is 2. The van der Waals surface area contributed by atoms with E-state index >= 15 is 4.39 Å². The minimum Gasteiger partial charge on any atom is -0.475 e. The average molecular weight is 608 g/mol. The van der Waals surface area contributed by atoms with Crippen molar-refractivity contribution in [3.63, 3.8) is 0 Å². The van der Waals surface area contributed by atoms with Crippen LogP contribution in [-0.2, 0) is 0 Å². The Morgan fingerprint density at radius 1 is 1.26 bits per heavy atom. The predicted octanol–water partition coefficient (Wildman–Crippen LogP) is 5.15. The highest BCUT2D eigenvalue weighted by Gasteiger charge is 2.49. The lowest BCUT2D eigenvalue weighted by atomic mass is 9.95. The largest absolute Gasteiger partial charge is 0.475 e. The fourth-order valence-corrected chi connectivity index (χ4v) is 6.91. The highest BCUT2D eigenvalue weighted by molar-refractivity contribution is 6.35. The van der Waals surface area contributed by atoms with Gasteiger partial charge in [-0.1, -0.05) is 11.6 Å². The number of halogens is 5. The number of rotatable bonds is 7. The Balaban J connectivity index is 1.40. The highest BCUT2D eigenvalue weighted by atomic mass is 35.5.